The van der Waals surface area contributed by atoms with Gasteiger partial charge in [-0.3, -0.25) is 4.79 Å². The number of aliphatic carboxylic acids is 1. The molecule has 0 spiro atoms. The Morgan fingerprint density at radius 3 is 2.59 bits per heavy atom. The molecule has 0 radical (unpaired) electrons. The Balaban J connectivity index is 3.19. The lowest BCUT2D eigenvalue weighted by Crippen LogP contribution is -2.45. The van der Waals surface area contributed by atoms with Crippen LogP contribution in [0.4, 0.5) is 4.79 Å². The summed E-state index contributed by atoms with van der Waals surface area (Å²) in [5.41, 5.74) is -0.990. The van der Waals surface area contributed by atoms with Crippen LogP contribution in [-0.2, 0) is 14.3 Å². The second-order valence-electron chi connectivity index (χ2n) is 4.64. The molecule has 17 heavy (non-hydrogen) atoms. The Labute approximate surface area is 105 Å². The van der Waals surface area contributed by atoms with Gasteiger partial charge in [-0.1, -0.05) is 6.85 Å². The van der Waals surface area contributed by atoms with Crippen molar-refractivity contribution < 1.29 is 29.7 Å². The molecule has 1 aliphatic heterocycles. The highest BCUT2D eigenvalue weighted by atomic mass is 16.6. The largest absolute Gasteiger partial charge is 0.480 e. The van der Waals surface area contributed by atoms with E-state index in [1.807, 2.05) is 0 Å². The van der Waals surface area contributed by atoms with Gasteiger partial charge >= 0.3 is 12.1 Å². The normalized spacial score (nSPS) is 33.5. The second kappa shape index (κ2) is 4.35. The van der Waals surface area contributed by atoms with E-state index < -0.39 is 48.8 Å². The molecule has 2 amide bonds. The Hall–Kier alpha value is -1.59. The number of hydrogen-bond acceptors (Lipinski definition) is 4. The maximum absolute atomic E-state index is 12.1. The van der Waals surface area contributed by atoms with Crippen LogP contribution >= 0.6 is 0 Å². The molecule has 0 aliphatic carbocycles. The Morgan fingerprint density at radius 1 is 1.59 bits per heavy atom. The van der Waals surface area contributed by atoms with Gasteiger partial charge in [0, 0.05) is 11.4 Å². The molecular formula is C11H17NO5. The van der Waals surface area contributed by atoms with E-state index in [2.05, 4.69) is 0 Å². The summed E-state index contributed by atoms with van der Waals surface area (Å²) >= 11 is 0. The van der Waals surface area contributed by atoms with Gasteiger partial charge in [0.25, 0.3) is 0 Å². The van der Waals surface area contributed by atoms with Gasteiger partial charge in [-0.25, -0.2) is 14.5 Å². The van der Waals surface area contributed by atoms with Gasteiger partial charge < -0.3 is 9.84 Å². The van der Waals surface area contributed by atoms with Crippen LogP contribution in [0.2, 0.25) is 0 Å². The highest BCUT2D eigenvalue weighted by molar-refractivity contribution is 6.00. The van der Waals surface area contributed by atoms with Crippen molar-refractivity contribution in [2.24, 2.45) is 5.92 Å². The highest BCUT2D eigenvalue weighted by Crippen LogP contribution is 2.26. The first-order chi connectivity index (χ1) is 9.27. The van der Waals surface area contributed by atoms with Crippen LogP contribution in [0.15, 0.2) is 0 Å². The monoisotopic (exact) mass is 247 g/mol. The Bertz CT molecular complexity index is 470. The predicted octanol–water partition coefficient (Wildman–Crippen LogP) is 1.24. The average Bonchev–Trinajstić information content (AvgIpc) is 2.46. The van der Waals surface area contributed by atoms with Gasteiger partial charge in [-0.15, -0.1) is 0 Å². The van der Waals surface area contributed by atoms with Gasteiger partial charge in [-0.2, -0.15) is 0 Å². The number of ether oxygens (including phenoxy) is 1. The van der Waals surface area contributed by atoms with Crippen LogP contribution in [-0.4, -0.2) is 39.6 Å². The Morgan fingerprint density at radius 2 is 2.18 bits per heavy atom. The van der Waals surface area contributed by atoms with Crippen molar-refractivity contribution in [1.29, 1.82) is 0 Å². The molecule has 0 unspecified atom stereocenters. The zero-order chi connectivity index (χ0) is 16.7. The standard InChI is InChI=1S/C11H17NO5/c1-6-5-7(9(14)15)12(8(6)13)10(16)17-11(2,3)4/h6-7H,5H2,1-4H3,(H,14,15)/t6-,7-/m0/s1/i1D3,5D/t5-,6+,7+/m1. The summed E-state index contributed by atoms with van der Waals surface area (Å²) < 4.78 is 34.4. The third-order valence-electron chi connectivity index (χ3n) is 2.00. The van der Waals surface area contributed by atoms with Crippen LogP contribution in [0.1, 0.15) is 39.5 Å². The minimum atomic E-state index is -2.87. The molecule has 0 aromatic rings. The van der Waals surface area contributed by atoms with Gasteiger partial charge in [0.05, 0.1) is 0 Å². The van der Waals surface area contributed by atoms with Crippen LogP contribution in [0.25, 0.3) is 0 Å². The molecule has 1 aliphatic rings. The van der Waals surface area contributed by atoms with Gasteiger partial charge in [-0.05, 0) is 27.2 Å². The van der Waals surface area contributed by atoms with Crippen LogP contribution < -0.4 is 0 Å². The van der Waals surface area contributed by atoms with E-state index in [-0.39, 0.29) is 4.90 Å². The van der Waals surface area contributed by atoms with E-state index in [1.54, 1.807) is 0 Å². The first kappa shape index (κ1) is 8.49. The number of likely N-dealkylation sites (tertiary alicyclic amines) is 1. The third kappa shape index (κ3) is 2.95. The van der Waals surface area contributed by atoms with E-state index in [0.717, 1.165) is 0 Å². The fraction of sp³-hybridized carbons (Fsp3) is 0.727. The molecule has 1 rings (SSSR count). The molecule has 0 aromatic heterocycles. The van der Waals surface area contributed by atoms with Gasteiger partial charge in [0.2, 0.25) is 5.91 Å². The van der Waals surface area contributed by atoms with E-state index in [4.69, 9.17) is 15.3 Å². The number of rotatable bonds is 1. The minimum Gasteiger partial charge on any atom is -0.480 e. The molecular weight excluding hydrogens is 226 g/mol. The smallest absolute Gasteiger partial charge is 0.417 e. The van der Waals surface area contributed by atoms with Crippen molar-refractivity contribution in [3.8, 4) is 0 Å². The van der Waals surface area contributed by atoms with Gasteiger partial charge in [0.15, 0.2) is 0 Å². The number of amides is 2. The summed E-state index contributed by atoms with van der Waals surface area (Å²) in [5.74, 6) is -4.72. The van der Waals surface area contributed by atoms with Crippen molar-refractivity contribution in [1.82, 2.24) is 4.90 Å². The zero-order valence-corrected chi connectivity index (χ0v) is 9.76. The van der Waals surface area contributed by atoms with E-state index in [9.17, 15) is 14.4 Å². The molecule has 0 bridgehead atoms. The number of carboxylic acids is 1. The lowest BCUT2D eigenvalue weighted by atomic mass is 10.1. The van der Waals surface area contributed by atoms with Crippen molar-refractivity contribution in [3.63, 3.8) is 0 Å². The number of hydrogen-bond donors (Lipinski definition) is 1. The maximum atomic E-state index is 12.1. The summed E-state index contributed by atoms with van der Waals surface area (Å²) in [7, 11) is 0. The summed E-state index contributed by atoms with van der Waals surface area (Å²) in [4.78, 5) is 35.5. The number of nitrogens with zero attached hydrogens (tertiary/aromatic N) is 1. The zero-order valence-electron chi connectivity index (χ0n) is 13.8. The molecule has 0 aromatic carbocycles. The molecule has 96 valence electrons. The first-order valence-electron chi connectivity index (χ1n) is 7.06. The molecule has 1 fully saturated rings. The van der Waals surface area contributed by atoms with Crippen molar-refractivity contribution in [2.45, 2.75) is 45.7 Å². The molecule has 1 N–H and O–H groups in total. The van der Waals surface area contributed by atoms with Crippen molar-refractivity contribution >= 4 is 18.0 Å². The number of carbonyl (C=O) groups is 3. The molecule has 6 nitrogen and oxygen atoms in total. The molecule has 3 atom stereocenters. The molecule has 0 saturated carbocycles. The van der Waals surface area contributed by atoms with E-state index in [1.165, 1.54) is 20.8 Å². The van der Waals surface area contributed by atoms with Crippen LogP contribution in [0.3, 0.4) is 0 Å². The summed E-state index contributed by atoms with van der Waals surface area (Å²) in [6.07, 6.45) is -3.04. The van der Waals surface area contributed by atoms with E-state index in [0.29, 0.717) is 0 Å². The number of carboxylic acid groups (broad SMARTS) is 1. The lowest BCUT2D eigenvalue weighted by Gasteiger charge is -2.25. The highest BCUT2D eigenvalue weighted by Gasteiger charge is 2.46. The topological polar surface area (TPSA) is 83.9 Å². The maximum Gasteiger partial charge on any atom is 0.417 e. The first-order valence-corrected chi connectivity index (χ1v) is 4.98. The third-order valence-corrected chi connectivity index (χ3v) is 2.00. The average molecular weight is 247 g/mol. The fourth-order valence-corrected chi connectivity index (χ4v) is 1.34. The van der Waals surface area contributed by atoms with Crippen LogP contribution in [0, 0.1) is 5.92 Å². The Kier molecular flexibility index (Phi) is 2.17. The molecule has 6 heteroatoms. The predicted molar refractivity (Wildman–Crippen MR) is 58.3 cm³/mol. The SMILES string of the molecule is [2H][C@H]1[C@@H](C(=O)O)N(C(=O)OC(C)(C)C)C(=O)[C@H]1C([2H])([2H])[2H]. The van der Waals surface area contributed by atoms with Crippen molar-refractivity contribution in [3.05, 3.63) is 0 Å². The van der Waals surface area contributed by atoms with Gasteiger partial charge in [0.1, 0.15) is 11.6 Å². The fourth-order valence-electron chi connectivity index (χ4n) is 1.34. The number of imide groups is 1. The lowest BCUT2D eigenvalue weighted by molar-refractivity contribution is -0.145. The van der Waals surface area contributed by atoms with E-state index >= 15 is 0 Å². The number of carbonyl (C=O) groups excluding carboxylic acids is 2. The summed E-state index contributed by atoms with van der Waals surface area (Å²) in [6.45, 7) is 1.68. The summed E-state index contributed by atoms with van der Waals surface area (Å²) in [5, 5.41) is 9.10. The quantitative estimate of drug-likeness (QED) is 0.753. The molecule has 1 heterocycles. The second-order valence-corrected chi connectivity index (χ2v) is 4.64. The van der Waals surface area contributed by atoms with Crippen LogP contribution in [0.5, 0.6) is 0 Å². The molecule has 1 saturated heterocycles. The minimum absolute atomic E-state index is 0.224. The van der Waals surface area contributed by atoms with Crippen molar-refractivity contribution in [2.75, 3.05) is 0 Å². The summed E-state index contributed by atoms with van der Waals surface area (Å²) in [6, 6.07) is -1.88.